The predicted molar refractivity (Wildman–Crippen MR) is 134 cm³/mol. The molecule has 4 rings (SSSR count). The second kappa shape index (κ2) is 10.8. The molecule has 0 N–H and O–H groups in total. The van der Waals surface area contributed by atoms with E-state index in [-0.39, 0.29) is 17.9 Å². The van der Waals surface area contributed by atoms with Crippen LogP contribution < -0.4 is 9.64 Å². The molecule has 0 bridgehead atoms. The molecule has 3 aromatic carbocycles. The topological polar surface area (TPSA) is 102 Å². The van der Waals surface area contributed by atoms with Gasteiger partial charge in [-0.3, -0.25) is 9.59 Å². The van der Waals surface area contributed by atoms with Gasteiger partial charge in [-0.1, -0.05) is 30.3 Å². The second-order valence-electron chi connectivity index (χ2n) is 8.20. The van der Waals surface area contributed by atoms with Gasteiger partial charge in [0.2, 0.25) is 15.9 Å². The number of hydrogen-bond donors (Lipinski definition) is 0. The van der Waals surface area contributed by atoms with E-state index < -0.39 is 34.2 Å². The highest BCUT2D eigenvalue weighted by atomic mass is 32.2. The molecule has 0 radical (unpaired) electrons. The molecule has 0 spiro atoms. The summed E-state index contributed by atoms with van der Waals surface area (Å²) in [6, 6.07) is 17.4. The van der Waals surface area contributed by atoms with Crippen LogP contribution in [0.1, 0.15) is 13.3 Å². The van der Waals surface area contributed by atoms with Gasteiger partial charge in [-0.25, -0.2) is 13.3 Å². The van der Waals surface area contributed by atoms with E-state index in [0.717, 1.165) is 20.0 Å². The molecule has 1 aliphatic heterocycles. The smallest absolute Gasteiger partial charge is 0.252 e. The van der Waals surface area contributed by atoms with Crippen LogP contribution in [-0.2, 0) is 29.1 Å². The van der Waals surface area contributed by atoms with E-state index in [1.54, 1.807) is 36.4 Å². The van der Waals surface area contributed by atoms with Crippen molar-refractivity contribution in [1.29, 1.82) is 0 Å². The Balaban J connectivity index is 1.71. The quantitative estimate of drug-likeness (QED) is 0.304. The number of nitrogens with zero attached hydrogens (tertiary/aromatic N) is 2. The Labute approximate surface area is 210 Å². The summed E-state index contributed by atoms with van der Waals surface area (Å²) in [5.74, 6) is -0.542. The Hall–Kier alpha value is -3.31. The maximum Gasteiger partial charge on any atom is 0.252 e. The van der Waals surface area contributed by atoms with Crippen LogP contribution in [0.5, 0.6) is 5.75 Å². The van der Waals surface area contributed by atoms with Crippen molar-refractivity contribution >= 4 is 38.3 Å². The van der Waals surface area contributed by atoms with E-state index in [2.05, 4.69) is 0 Å². The first kappa shape index (κ1) is 25.8. The summed E-state index contributed by atoms with van der Waals surface area (Å²) in [6.07, 6.45) is -1.25. The molecule has 1 heterocycles. The van der Waals surface area contributed by atoms with Gasteiger partial charge in [-0.15, -0.1) is 0 Å². The van der Waals surface area contributed by atoms with Gasteiger partial charge in [0.15, 0.2) is 6.29 Å². The summed E-state index contributed by atoms with van der Waals surface area (Å²) >= 11 is 0. The van der Waals surface area contributed by atoms with Crippen molar-refractivity contribution in [3.8, 4) is 5.75 Å². The standard InChI is InChI=1S/C26H28N2O7S/c1-4-35-21-12-10-20(11-13-21)28-24(29)16-23(26(28)30)27(17-25(33-2)34-3)36(31,32)22-14-9-18-7-5-6-8-19(18)15-22/h5-15,23,25H,4,16-17H2,1-3H3. The molecule has 1 saturated heterocycles. The van der Waals surface area contributed by atoms with Gasteiger partial charge >= 0.3 is 0 Å². The number of imide groups is 1. The summed E-state index contributed by atoms with van der Waals surface area (Å²) in [7, 11) is -1.46. The van der Waals surface area contributed by atoms with E-state index in [0.29, 0.717) is 18.0 Å². The molecule has 190 valence electrons. The third-order valence-corrected chi connectivity index (χ3v) is 7.93. The minimum absolute atomic E-state index is 0.00641. The van der Waals surface area contributed by atoms with Crippen LogP contribution in [0.2, 0.25) is 0 Å². The monoisotopic (exact) mass is 512 g/mol. The third-order valence-electron chi connectivity index (χ3n) is 6.06. The first-order valence-corrected chi connectivity index (χ1v) is 12.9. The fourth-order valence-electron chi connectivity index (χ4n) is 4.22. The molecule has 1 atom stereocenters. The van der Waals surface area contributed by atoms with Crippen LogP contribution in [0.15, 0.2) is 71.6 Å². The average molecular weight is 513 g/mol. The lowest BCUT2D eigenvalue weighted by Crippen LogP contribution is -2.49. The van der Waals surface area contributed by atoms with E-state index >= 15 is 0 Å². The molecule has 9 nitrogen and oxygen atoms in total. The van der Waals surface area contributed by atoms with Crippen molar-refractivity contribution in [2.24, 2.45) is 0 Å². The van der Waals surface area contributed by atoms with Gasteiger partial charge in [-0.2, -0.15) is 4.31 Å². The number of anilines is 1. The van der Waals surface area contributed by atoms with Crippen molar-refractivity contribution in [3.05, 3.63) is 66.7 Å². The highest BCUT2D eigenvalue weighted by molar-refractivity contribution is 7.89. The molecule has 0 saturated carbocycles. The van der Waals surface area contributed by atoms with E-state index in [1.165, 1.54) is 20.3 Å². The second-order valence-corrected chi connectivity index (χ2v) is 10.1. The van der Waals surface area contributed by atoms with E-state index in [9.17, 15) is 18.0 Å². The van der Waals surface area contributed by atoms with Crippen molar-refractivity contribution < 1.29 is 32.2 Å². The van der Waals surface area contributed by atoms with Gasteiger partial charge in [-0.05, 0) is 54.1 Å². The molecule has 2 amide bonds. The minimum Gasteiger partial charge on any atom is -0.494 e. The maximum absolute atomic E-state index is 13.9. The van der Waals surface area contributed by atoms with E-state index in [1.807, 2.05) is 31.2 Å². The fourth-order valence-corrected chi connectivity index (χ4v) is 5.82. The van der Waals surface area contributed by atoms with Crippen LogP contribution in [0.4, 0.5) is 5.69 Å². The first-order chi connectivity index (χ1) is 17.3. The molecule has 1 aliphatic rings. The Morgan fingerprint density at radius 2 is 1.64 bits per heavy atom. The van der Waals surface area contributed by atoms with Crippen LogP contribution in [-0.4, -0.2) is 64.2 Å². The molecule has 1 unspecified atom stereocenters. The number of sulfonamides is 1. The highest BCUT2D eigenvalue weighted by Crippen LogP contribution is 2.31. The average Bonchev–Trinajstić information content (AvgIpc) is 3.18. The van der Waals surface area contributed by atoms with E-state index in [4.69, 9.17) is 14.2 Å². The number of rotatable bonds is 10. The molecule has 1 fully saturated rings. The van der Waals surface area contributed by atoms with Crippen molar-refractivity contribution in [3.63, 3.8) is 0 Å². The zero-order chi connectivity index (χ0) is 25.9. The SMILES string of the molecule is CCOc1ccc(N2C(=O)CC(N(CC(OC)OC)S(=O)(=O)c3ccc4ccccc4c3)C2=O)cc1. The first-order valence-electron chi connectivity index (χ1n) is 11.5. The van der Waals surface area contributed by atoms with Crippen LogP contribution in [0.25, 0.3) is 10.8 Å². The highest BCUT2D eigenvalue weighted by Gasteiger charge is 2.47. The molecule has 3 aromatic rings. The van der Waals surface area contributed by atoms with Gasteiger partial charge in [0.05, 0.1) is 30.2 Å². The minimum atomic E-state index is -4.21. The lowest BCUT2D eigenvalue weighted by Gasteiger charge is -2.29. The lowest BCUT2D eigenvalue weighted by molar-refractivity contribution is -0.125. The van der Waals surface area contributed by atoms with Crippen molar-refractivity contribution in [1.82, 2.24) is 4.31 Å². The van der Waals surface area contributed by atoms with Gasteiger partial charge < -0.3 is 14.2 Å². The lowest BCUT2D eigenvalue weighted by atomic mass is 10.1. The summed E-state index contributed by atoms with van der Waals surface area (Å²) in [5.41, 5.74) is 0.342. The number of benzene rings is 3. The van der Waals surface area contributed by atoms with Gasteiger partial charge in [0.1, 0.15) is 11.8 Å². The molecule has 0 aliphatic carbocycles. The normalized spacial score (nSPS) is 16.5. The Morgan fingerprint density at radius 3 is 2.28 bits per heavy atom. The van der Waals surface area contributed by atoms with Gasteiger partial charge in [0, 0.05) is 14.2 Å². The Morgan fingerprint density at radius 1 is 0.972 bits per heavy atom. The summed E-state index contributed by atoms with van der Waals surface area (Å²) in [4.78, 5) is 27.5. The number of hydrogen-bond acceptors (Lipinski definition) is 7. The summed E-state index contributed by atoms with van der Waals surface area (Å²) in [5, 5.41) is 1.61. The summed E-state index contributed by atoms with van der Waals surface area (Å²) in [6.45, 7) is 2.05. The van der Waals surface area contributed by atoms with Gasteiger partial charge in [0.25, 0.3) is 5.91 Å². The molecule has 36 heavy (non-hydrogen) atoms. The molecule has 0 aromatic heterocycles. The molecular formula is C26H28N2O7S. The van der Waals surface area contributed by atoms with Crippen molar-refractivity contribution in [2.45, 2.75) is 30.6 Å². The number of carbonyl (C=O) groups is 2. The predicted octanol–water partition coefficient (Wildman–Crippen LogP) is 3.18. The molecular weight excluding hydrogens is 484 g/mol. The number of carbonyl (C=O) groups excluding carboxylic acids is 2. The zero-order valence-corrected chi connectivity index (χ0v) is 21.1. The van der Waals surface area contributed by atoms with Crippen LogP contribution in [0, 0.1) is 0 Å². The number of ether oxygens (including phenoxy) is 3. The molecule has 10 heteroatoms. The number of methoxy groups -OCH3 is 2. The van der Waals surface area contributed by atoms with Crippen LogP contribution >= 0.6 is 0 Å². The Kier molecular flexibility index (Phi) is 7.70. The van der Waals surface area contributed by atoms with Crippen LogP contribution in [0.3, 0.4) is 0 Å². The zero-order valence-electron chi connectivity index (χ0n) is 20.3. The number of fused-ring (bicyclic) bond motifs is 1. The fraction of sp³-hybridized carbons (Fsp3) is 0.308. The third kappa shape index (κ3) is 4.98. The Bertz CT molecular complexity index is 1350. The largest absolute Gasteiger partial charge is 0.494 e. The van der Waals surface area contributed by atoms with Crippen molar-refractivity contribution in [2.75, 3.05) is 32.3 Å². The maximum atomic E-state index is 13.9. The summed E-state index contributed by atoms with van der Waals surface area (Å²) < 4.78 is 44.6. The number of amides is 2.